The Hall–Kier alpha value is -1.98. The van der Waals surface area contributed by atoms with Crippen molar-refractivity contribution in [2.45, 2.75) is 33.1 Å². The van der Waals surface area contributed by atoms with Gasteiger partial charge in [-0.25, -0.2) is 9.18 Å². The van der Waals surface area contributed by atoms with Crippen LogP contribution in [0.1, 0.15) is 31.4 Å². The quantitative estimate of drug-likeness (QED) is 0.843. The Kier molecular flexibility index (Phi) is 3.78. The van der Waals surface area contributed by atoms with E-state index in [1.54, 1.807) is 6.07 Å². The molecule has 0 N–H and O–H groups in total. The first-order chi connectivity index (χ1) is 9.08. The molecule has 0 amide bonds. The van der Waals surface area contributed by atoms with Gasteiger partial charge in [0.25, 0.3) is 0 Å². The topological polar surface area (TPSA) is 52.7 Å². The minimum absolute atomic E-state index is 0.223. The molecule has 1 aromatic heterocycles. The zero-order valence-electron chi connectivity index (χ0n) is 11.4. The number of aryl methyl sites for hydroxylation is 3. The molecule has 0 aliphatic carbocycles. The van der Waals surface area contributed by atoms with Gasteiger partial charge in [-0.2, -0.15) is 9.36 Å². The predicted molar refractivity (Wildman–Crippen MR) is 69.9 cm³/mol. The fraction of sp³-hybridized carbons (Fsp3) is 0.462. The van der Waals surface area contributed by atoms with Gasteiger partial charge in [0, 0.05) is 7.05 Å². The van der Waals surface area contributed by atoms with Gasteiger partial charge < -0.3 is 0 Å². The van der Waals surface area contributed by atoms with Crippen molar-refractivity contribution in [1.29, 1.82) is 0 Å². The second-order valence-electron chi connectivity index (χ2n) is 4.47. The molecule has 0 unspecified atom stereocenters. The summed E-state index contributed by atoms with van der Waals surface area (Å²) in [4.78, 5) is 11.9. The molecule has 5 nitrogen and oxygen atoms in total. The summed E-state index contributed by atoms with van der Waals surface area (Å²) in [5, 5.41) is 7.51. The molecule has 0 bridgehead atoms. The van der Waals surface area contributed by atoms with E-state index < -0.39 is 0 Å². The summed E-state index contributed by atoms with van der Waals surface area (Å²) in [5.41, 5.74) is 1.64. The maximum Gasteiger partial charge on any atom is 0.368 e. The molecule has 19 heavy (non-hydrogen) atoms. The Morgan fingerprint density at radius 1 is 1.21 bits per heavy atom. The lowest BCUT2D eigenvalue weighted by atomic mass is 10.0. The van der Waals surface area contributed by atoms with Crippen molar-refractivity contribution in [3.8, 4) is 5.69 Å². The minimum atomic E-state index is -0.330. The van der Waals surface area contributed by atoms with Crippen LogP contribution in [-0.2, 0) is 19.9 Å². The van der Waals surface area contributed by atoms with Gasteiger partial charge >= 0.3 is 5.69 Å². The minimum Gasteiger partial charge on any atom is -0.244 e. The van der Waals surface area contributed by atoms with Gasteiger partial charge in [0.15, 0.2) is 0 Å². The van der Waals surface area contributed by atoms with E-state index in [1.807, 2.05) is 13.8 Å². The van der Waals surface area contributed by atoms with Crippen LogP contribution in [-0.4, -0.2) is 19.8 Å². The average Bonchev–Trinajstić information content (AvgIpc) is 2.72. The van der Waals surface area contributed by atoms with Crippen molar-refractivity contribution in [3.05, 3.63) is 39.6 Å². The summed E-state index contributed by atoms with van der Waals surface area (Å²) in [7, 11) is 1.54. The van der Waals surface area contributed by atoms with Gasteiger partial charge in [-0.05, 0) is 46.5 Å². The molecule has 2 aromatic rings. The summed E-state index contributed by atoms with van der Waals surface area (Å²) >= 11 is 0. The Morgan fingerprint density at radius 2 is 1.95 bits per heavy atom. The number of aromatic nitrogens is 4. The molecule has 0 saturated carbocycles. The number of hydrogen-bond acceptors (Lipinski definition) is 3. The van der Waals surface area contributed by atoms with Crippen LogP contribution in [0.2, 0.25) is 0 Å². The van der Waals surface area contributed by atoms with Crippen LogP contribution in [0.5, 0.6) is 0 Å². The van der Waals surface area contributed by atoms with E-state index in [-0.39, 0.29) is 11.5 Å². The van der Waals surface area contributed by atoms with Crippen LogP contribution in [0.4, 0.5) is 4.39 Å². The largest absolute Gasteiger partial charge is 0.368 e. The number of benzene rings is 1. The maximum absolute atomic E-state index is 13.9. The third-order valence-corrected chi connectivity index (χ3v) is 3.10. The molecule has 0 spiro atoms. The van der Waals surface area contributed by atoms with Crippen molar-refractivity contribution < 1.29 is 4.39 Å². The van der Waals surface area contributed by atoms with E-state index >= 15 is 0 Å². The summed E-state index contributed by atoms with van der Waals surface area (Å²) < 4.78 is 16.3. The van der Waals surface area contributed by atoms with E-state index in [0.29, 0.717) is 24.1 Å². The van der Waals surface area contributed by atoms with Crippen molar-refractivity contribution in [3.63, 3.8) is 0 Å². The van der Waals surface area contributed by atoms with Crippen LogP contribution in [0.25, 0.3) is 5.69 Å². The van der Waals surface area contributed by atoms with E-state index in [2.05, 4.69) is 10.4 Å². The first-order valence-electron chi connectivity index (χ1n) is 6.39. The highest BCUT2D eigenvalue weighted by atomic mass is 19.1. The van der Waals surface area contributed by atoms with Gasteiger partial charge in [-0.15, -0.1) is 0 Å². The third-order valence-electron chi connectivity index (χ3n) is 3.10. The van der Waals surface area contributed by atoms with Crippen molar-refractivity contribution >= 4 is 0 Å². The monoisotopic (exact) mass is 264 g/mol. The lowest BCUT2D eigenvalue weighted by Crippen LogP contribution is -2.23. The highest BCUT2D eigenvalue weighted by molar-refractivity contribution is 5.44. The van der Waals surface area contributed by atoms with Crippen LogP contribution >= 0.6 is 0 Å². The van der Waals surface area contributed by atoms with Crippen LogP contribution in [0.3, 0.4) is 0 Å². The average molecular weight is 264 g/mol. The molecule has 1 aromatic carbocycles. The fourth-order valence-corrected chi connectivity index (χ4v) is 2.05. The van der Waals surface area contributed by atoms with Gasteiger partial charge in [-0.1, -0.05) is 20.3 Å². The third kappa shape index (κ3) is 2.43. The molecular weight excluding hydrogens is 247 g/mol. The fourth-order valence-electron chi connectivity index (χ4n) is 2.05. The van der Waals surface area contributed by atoms with Crippen LogP contribution in [0, 0.1) is 5.82 Å². The van der Waals surface area contributed by atoms with Gasteiger partial charge in [-0.3, -0.25) is 0 Å². The molecule has 102 valence electrons. The van der Waals surface area contributed by atoms with E-state index in [4.69, 9.17) is 0 Å². The molecule has 0 radical (unpaired) electrons. The number of nitrogens with zero attached hydrogens (tertiary/aromatic N) is 4. The van der Waals surface area contributed by atoms with E-state index in [9.17, 15) is 9.18 Å². The first kappa shape index (κ1) is 13.5. The molecule has 6 heteroatoms. The Bertz CT molecular complexity index is 645. The molecule has 0 atom stereocenters. The zero-order chi connectivity index (χ0) is 14.0. The van der Waals surface area contributed by atoms with Gasteiger partial charge in [0.05, 0.1) is 5.69 Å². The second-order valence-corrected chi connectivity index (χ2v) is 4.47. The highest BCUT2D eigenvalue weighted by Crippen LogP contribution is 2.20. The summed E-state index contributed by atoms with van der Waals surface area (Å²) in [5.74, 6) is -0.223. The van der Waals surface area contributed by atoms with Gasteiger partial charge in [0.1, 0.15) is 5.82 Å². The molecule has 1 heterocycles. The Labute approximate surface area is 110 Å². The maximum atomic E-state index is 13.9. The zero-order valence-corrected chi connectivity index (χ0v) is 11.4. The summed E-state index contributed by atoms with van der Waals surface area (Å²) in [6.07, 6.45) is 2.11. The summed E-state index contributed by atoms with van der Waals surface area (Å²) in [6.45, 7) is 3.90. The van der Waals surface area contributed by atoms with Gasteiger partial charge in [0.2, 0.25) is 0 Å². The first-order valence-corrected chi connectivity index (χ1v) is 6.39. The normalized spacial score (nSPS) is 10.9. The standard InChI is InChI=1S/C13H17FN4O/c1-4-6-10-8-12(9(5-2)7-11(10)14)18-13(19)17(3)15-16-18/h7-8H,4-6H2,1-3H3. The van der Waals surface area contributed by atoms with E-state index in [0.717, 1.165) is 16.7 Å². The number of rotatable bonds is 4. The number of halogens is 1. The van der Waals surface area contributed by atoms with Crippen molar-refractivity contribution in [1.82, 2.24) is 19.8 Å². The molecule has 0 aliphatic rings. The number of tetrazole rings is 1. The smallest absolute Gasteiger partial charge is 0.244 e. The molecular formula is C13H17FN4O. The van der Waals surface area contributed by atoms with Crippen molar-refractivity contribution in [2.75, 3.05) is 0 Å². The lowest BCUT2D eigenvalue weighted by molar-refractivity contribution is 0.603. The SMILES string of the molecule is CCCc1cc(-n2nnn(C)c2=O)c(CC)cc1F. The molecule has 0 fully saturated rings. The van der Waals surface area contributed by atoms with Crippen LogP contribution in [0.15, 0.2) is 16.9 Å². The van der Waals surface area contributed by atoms with Crippen molar-refractivity contribution in [2.24, 2.45) is 7.05 Å². The highest BCUT2D eigenvalue weighted by Gasteiger charge is 2.14. The Morgan fingerprint density at radius 3 is 2.47 bits per heavy atom. The van der Waals surface area contributed by atoms with Crippen LogP contribution < -0.4 is 5.69 Å². The van der Waals surface area contributed by atoms with E-state index in [1.165, 1.54) is 17.8 Å². The molecule has 0 saturated heterocycles. The number of hydrogen-bond donors (Lipinski definition) is 0. The second kappa shape index (κ2) is 5.34. The molecule has 0 aliphatic heterocycles. The molecule has 2 rings (SSSR count). The summed E-state index contributed by atoms with van der Waals surface area (Å²) in [6, 6.07) is 3.19. The Balaban J connectivity index is 2.64. The lowest BCUT2D eigenvalue weighted by Gasteiger charge is -2.10. The predicted octanol–water partition coefficient (Wildman–Crippen LogP) is 1.62.